The Morgan fingerprint density at radius 1 is 1.03 bits per heavy atom. The predicted molar refractivity (Wildman–Crippen MR) is 119 cm³/mol. The molecule has 0 spiro atoms. The van der Waals surface area contributed by atoms with Gasteiger partial charge in [-0.05, 0) is 49.6 Å². The highest BCUT2D eigenvalue weighted by Crippen LogP contribution is 2.34. The third-order valence-electron chi connectivity index (χ3n) is 5.97. The Labute approximate surface area is 195 Å². The van der Waals surface area contributed by atoms with Gasteiger partial charge in [-0.3, -0.25) is 34.2 Å². The first kappa shape index (κ1) is 23.3. The Hall–Kier alpha value is -3.86. The second-order valence-electron chi connectivity index (χ2n) is 8.34. The lowest BCUT2D eigenvalue weighted by Crippen LogP contribution is -2.62. The molecular weight excluding hydrogens is 462 g/mol. The van der Waals surface area contributed by atoms with E-state index in [1.807, 2.05) is 4.72 Å². The van der Waals surface area contributed by atoms with Crippen LogP contribution in [0.4, 0.5) is 0 Å². The Balaban J connectivity index is 1.49. The van der Waals surface area contributed by atoms with Crippen LogP contribution < -0.4 is 10.0 Å². The largest absolute Gasteiger partial charge is 0.294 e. The van der Waals surface area contributed by atoms with Crippen LogP contribution in [0, 0.1) is 0 Å². The fourth-order valence-electron chi connectivity index (χ4n) is 3.99. The van der Waals surface area contributed by atoms with E-state index in [4.69, 9.17) is 0 Å². The normalized spacial score (nSPS) is 20.2. The van der Waals surface area contributed by atoms with Crippen LogP contribution in [-0.4, -0.2) is 54.1 Å². The van der Waals surface area contributed by atoms with Gasteiger partial charge >= 0.3 is 0 Å². The van der Waals surface area contributed by atoms with Gasteiger partial charge in [0, 0.05) is 12.0 Å². The number of hydrogen-bond acceptors (Lipinski definition) is 7. The van der Waals surface area contributed by atoms with Crippen LogP contribution in [-0.2, 0) is 26.0 Å². The molecule has 2 aromatic carbocycles. The minimum Gasteiger partial charge on any atom is -0.294 e. The monoisotopic (exact) mass is 483 g/mol. The molecule has 2 aromatic rings. The lowest BCUT2D eigenvalue weighted by atomic mass is 9.89. The molecule has 0 radical (unpaired) electrons. The fraction of sp³-hybridized carbons (Fsp3) is 0.261. The van der Waals surface area contributed by atoms with E-state index in [-0.39, 0.29) is 36.0 Å². The number of imide groups is 2. The summed E-state index contributed by atoms with van der Waals surface area (Å²) in [7, 11) is -3.96. The molecule has 1 saturated heterocycles. The molecule has 2 N–H and O–H groups in total. The number of amides is 5. The summed E-state index contributed by atoms with van der Waals surface area (Å²) in [5, 5.41) is 2.17. The molecule has 0 aromatic heterocycles. The lowest BCUT2D eigenvalue weighted by Gasteiger charge is -2.38. The number of carbonyl (C=O) groups is 5. The van der Waals surface area contributed by atoms with E-state index < -0.39 is 50.9 Å². The molecule has 34 heavy (non-hydrogen) atoms. The standard InChI is InChI=1S/C23H21N3O7S/c1-23(11-9-18(27)24-22(23)31)26-20(29)16-8-7-14(13-17(16)21(26)30)10-12-34(32,33)25-19(28)15-5-3-2-4-6-15/h2-8,13H,9-12H2,1H3,(H,25,28)(H,24,27,31)/t23-/m0/s1. The summed E-state index contributed by atoms with van der Waals surface area (Å²) < 4.78 is 26.7. The number of nitrogens with zero attached hydrogens (tertiary/aromatic N) is 1. The summed E-state index contributed by atoms with van der Waals surface area (Å²) in [6, 6.07) is 12.3. The van der Waals surface area contributed by atoms with Crippen molar-refractivity contribution in [2.75, 3.05) is 5.75 Å². The van der Waals surface area contributed by atoms with Gasteiger partial charge in [0.05, 0.1) is 16.9 Å². The van der Waals surface area contributed by atoms with Crippen molar-refractivity contribution < 1.29 is 32.4 Å². The van der Waals surface area contributed by atoms with E-state index >= 15 is 0 Å². The average Bonchev–Trinajstić information content (AvgIpc) is 3.05. The first-order chi connectivity index (χ1) is 16.0. The molecule has 5 amide bonds. The molecule has 0 unspecified atom stereocenters. The molecule has 11 heteroatoms. The third kappa shape index (κ3) is 4.21. The van der Waals surface area contributed by atoms with E-state index in [1.54, 1.807) is 18.2 Å². The van der Waals surface area contributed by atoms with Crippen molar-refractivity contribution in [1.29, 1.82) is 0 Å². The Morgan fingerprint density at radius 2 is 1.71 bits per heavy atom. The second-order valence-corrected chi connectivity index (χ2v) is 10.2. The van der Waals surface area contributed by atoms with Gasteiger partial charge in [0.2, 0.25) is 15.9 Å². The third-order valence-corrected chi connectivity index (χ3v) is 7.21. The number of carbonyl (C=O) groups excluding carboxylic acids is 5. The van der Waals surface area contributed by atoms with Crippen LogP contribution in [0.2, 0.25) is 0 Å². The highest BCUT2D eigenvalue weighted by molar-refractivity contribution is 7.90. The summed E-state index contributed by atoms with van der Waals surface area (Å²) in [6.45, 7) is 1.43. The number of sulfonamides is 1. The van der Waals surface area contributed by atoms with Crippen LogP contribution >= 0.6 is 0 Å². The van der Waals surface area contributed by atoms with Crippen molar-refractivity contribution in [2.24, 2.45) is 0 Å². The first-order valence-electron chi connectivity index (χ1n) is 10.5. The van der Waals surface area contributed by atoms with Gasteiger partial charge in [-0.1, -0.05) is 24.3 Å². The maximum absolute atomic E-state index is 13.1. The molecule has 1 fully saturated rings. The zero-order chi connectivity index (χ0) is 24.7. The molecular formula is C23H21N3O7S. The topological polar surface area (TPSA) is 147 Å². The summed E-state index contributed by atoms with van der Waals surface area (Å²) in [5.41, 5.74) is -0.687. The Bertz CT molecular complexity index is 1340. The lowest BCUT2D eigenvalue weighted by molar-refractivity contribution is -0.140. The molecule has 0 saturated carbocycles. The van der Waals surface area contributed by atoms with Gasteiger partial charge in [-0.25, -0.2) is 13.1 Å². The molecule has 0 bridgehead atoms. The van der Waals surface area contributed by atoms with Crippen LogP contribution in [0.15, 0.2) is 48.5 Å². The van der Waals surface area contributed by atoms with Gasteiger partial charge in [0.15, 0.2) is 0 Å². The molecule has 176 valence electrons. The van der Waals surface area contributed by atoms with Crippen molar-refractivity contribution in [3.63, 3.8) is 0 Å². The second kappa shape index (κ2) is 8.49. The highest BCUT2D eigenvalue weighted by atomic mass is 32.2. The van der Waals surface area contributed by atoms with Crippen LogP contribution in [0.1, 0.15) is 56.4 Å². The predicted octanol–water partition coefficient (Wildman–Crippen LogP) is 0.780. The maximum Gasteiger partial charge on any atom is 0.264 e. The van der Waals surface area contributed by atoms with Crippen molar-refractivity contribution in [2.45, 2.75) is 31.7 Å². The first-order valence-corrected chi connectivity index (χ1v) is 12.1. The van der Waals surface area contributed by atoms with Gasteiger partial charge in [-0.15, -0.1) is 0 Å². The summed E-state index contributed by atoms with van der Waals surface area (Å²) in [6.07, 6.45) is -0.0127. The smallest absolute Gasteiger partial charge is 0.264 e. The minimum absolute atomic E-state index is 0.00649. The average molecular weight is 484 g/mol. The Kier molecular flexibility index (Phi) is 5.82. The number of fused-ring (bicyclic) bond motifs is 1. The number of nitrogens with one attached hydrogen (secondary N) is 2. The van der Waals surface area contributed by atoms with Crippen molar-refractivity contribution >= 4 is 39.6 Å². The number of aryl methyl sites for hydroxylation is 1. The van der Waals surface area contributed by atoms with Crippen molar-refractivity contribution in [3.8, 4) is 0 Å². The molecule has 10 nitrogen and oxygen atoms in total. The minimum atomic E-state index is -3.96. The number of benzene rings is 2. The molecule has 2 heterocycles. The molecule has 1 atom stereocenters. The summed E-state index contributed by atoms with van der Waals surface area (Å²) in [5.74, 6) is -3.70. The van der Waals surface area contributed by atoms with Crippen LogP contribution in [0.5, 0.6) is 0 Å². The van der Waals surface area contributed by atoms with E-state index in [9.17, 15) is 32.4 Å². The summed E-state index contributed by atoms with van der Waals surface area (Å²) >= 11 is 0. The number of rotatable bonds is 6. The fourth-order valence-corrected chi connectivity index (χ4v) is 5.00. The van der Waals surface area contributed by atoms with E-state index in [1.165, 1.54) is 37.3 Å². The van der Waals surface area contributed by atoms with Gasteiger partial charge in [-0.2, -0.15) is 0 Å². The van der Waals surface area contributed by atoms with Gasteiger partial charge in [0.25, 0.3) is 23.6 Å². The van der Waals surface area contributed by atoms with E-state index in [2.05, 4.69) is 5.32 Å². The van der Waals surface area contributed by atoms with Crippen molar-refractivity contribution in [1.82, 2.24) is 14.9 Å². The number of piperidine rings is 1. The van der Waals surface area contributed by atoms with Gasteiger partial charge in [0.1, 0.15) is 5.54 Å². The number of hydrogen-bond donors (Lipinski definition) is 2. The zero-order valence-electron chi connectivity index (χ0n) is 18.2. The maximum atomic E-state index is 13.1. The summed E-state index contributed by atoms with van der Waals surface area (Å²) in [4.78, 5) is 62.9. The van der Waals surface area contributed by atoms with Crippen LogP contribution in [0.25, 0.3) is 0 Å². The molecule has 2 aliphatic heterocycles. The quantitative estimate of drug-likeness (QED) is 0.577. The van der Waals surface area contributed by atoms with Crippen molar-refractivity contribution in [3.05, 3.63) is 70.8 Å². The SMILES string of the molecule is C[C@]1(N2C(=O)c3ccc(CCS(=O)(=O)NC(=O)c4ccccc4)cc3C2=O)CCC(=O)NC1=O. The zero-order valence-corrected chi connectivity index (χ0v) is 19.0. The van der Waals surface area contributed by atoms with E-state index in [0.717, 1.165) is 4.90 Å². The molecule has 2 aliphatic rings. The van der Waals surface area contributed by atoms with Crippen LogP contribution in [0.3, 0.4) is 0 Å². The highest BCUT2D eigenvalue weighted by Gasteiger charge is 2.52. The Morgan fingerprint density at radius 3 is 2.38 bits per heavy atom. The molecule has 0 aliphatic carbocycles. The van der Waals surface area contributed by atoms with E-state index in [0.29, 0.717) is 5.56 Å². The van der Waals surface area contributed by atoms with Gasteiger partial charge < -0.3 is 0 Å². The molecule has 4 rings (SSSR count).